The molecule has 1 aromatic rings. The van der Waals surface area contributed by atoms with E-state index in [9.17, 15) is 10.2 Å². The average molecular weight is 226 g/mol. The first-order valence-corrected chi connectivity index (χ1v) is 5.82. The van der Waals surface area contributed by atoms with Crippen molar-refractivity contribution in [1.82, 2.24) is 9.78 Å². The zero-order chi connectivity index (χ0) is 12.3. The second kappa shape index (κ2) is 5.46. The van der Waals surface area contributed by atoms with Gasteiger partial charge < -0.3 is 10.2 Å². The van der Waals surface area contributed by atoms with Crippen LogP contribution in [0.25, 0.3) is 0 Å². The van der Waals surface area contributed by atoms with E-state index in [1.807, 2.05) is 32.5 Å². The highest BCUT2D eigenvalue weighted by molar-refractivity contribution is 5.24. The molecule has 16 heavy (non-hydrogen) atoms. The summed E-state index contributed by atoms with van der Waals surface area (Å²) in [4.78, 5) is 0. The lowest BCUT2D eigenvalue weighted by Gasteiger charge is -2.15. The van der Waals surface area contributed by atoms with Crippen molar-refractivity contribution in [3.8, 4) is 0 Å². The maximum absolute atomic E-state index is 9.69. The Morgan fingerprint density at radius 2 is 1.88 bits per heavy atom. The molecule has 2 N–H and O–H groups in total. The average Bonchev–Trinajstić information content (AvgIpc) is 2.49. The van der Waals surface area contributed by atoms with E-state index in [-0.39, 0.29) is 0 Å². The first-order valence-electron chi connectivity index (χ1n) is 5.82. The smallest absolute Gasteiger partial charge is 0.0802 e. The van der Waals surface area contributed by atoms with Crippen molar-refractivity contribution in [3.05, 3.63) is 17.0 Å². The van der Waals surface area contributed by atoms with Crippen LogP contribution in [0.1, 0.15) is 36.7 Å². The van der Waals surface area contributed by atoms with Crippen LogP contribution in [0.4, 0.5) is 0 Å². The highest BCUT2D eigenvalue weighted by Crippen LogP contribution is 2.16. The van der Waals surface area contributed by atoms with Crippen LogP contribution in [0, 0.1) is 13.8 Å². The lowest BCUT2D eigenvalue weighted by atomic mass is 10.0. The zero-order valence-corrected chi connectivity index (χ0v) is 10.6. The minimum absolute atomic E-state index is 0.586. The molecule has 0 aliphatic heterocycles. The fourth-order valence-corrected chi connectivity index (χ4v) is 1.94. The van der Waals surface area contributed by atoms with E-state index in [0.717, 1.165) is 17.8 Å². The normalized spacial score (nSPS) is 15.1. The molecule has 0 aliphatic rings. The number of aliphatic hydroxyl groups is 2. The molecule has 92 valence electrons. The van der Waals surface area contributed by atoms with Crippen LogP contribution < -0.4 is 0 Å². The molecule has 0 fully saturated rings. The van der Waals surface area contributed by atoms with Crippen molar-refractivity contribution < 1.29 is 10.2 Å². The van der Waals surface area contributed by atoms with Gasteiger partial charge in [0.05, 0.1) is 17.9 Å². The van der Waals surface area contributed by atoms with Gasteiger partial charge in [-0.15, -0.1) is 0 Å². The molecule has 1 heterocycles. The Morgan fingerprint density at radius 1 is 1.25 bits per heavy atom. The summed E-state index contributed by atoms with van der Waals surface area (Å²) < 4.78 is 1.85. The molecule has 4 nitrogen and oxygen atoms in total. The van der Waals surface area contributed by atoms with Crippen molar-refractivity contribution in [2.45, 2.75) is 52.2 Å². The summed E-state index contributed by atoms with van der Waals surface area (Å²) in [5.74, 6) is 0. The van der Waals surface area contributed by atoms with Crippen molar-refractivity contribution in [2.75, 3.05) is 0 Å². The molecule has 0 amide bonds. The van der Waals surface area contributed by atoms with Crippen molar-refractivity contribution in [3.63, 3.8) is 0 Å². The van der Waals surface area contributed by atoms with E-state index in [2.05, 4.69) is 5.10 Å². The third kappa shape index (κ3) is 2.83. The van der Waals surface area contributed by atoms with Gasteiger partial charge in [0.25, 0.3) is 0 Å². The lowest BCUT2D eigenvalue weighted by Crippen LogP contribution is -2.25. The number of aromatic nitrogens is 2. The van der Waals surface area contributed by atoms with Crippen LogP contribution in [-0.4, -0.2) is 32.2 Å². The van der Waals surface area contributed by atoms with Gasteiger partial charge in [-0.05, 0) is 38.7 Å². The topological polar surface area (TPSA) is 58.3 Å². The molecule has 2 atom stereocenters. The molecule has 0 spiro atoms. The minimum Gasteiger partial charge on any atom is -0.390 e. The molecule has 0 radical (unpaired) electrons. The Hall–Kier alpha value is -0.870. The van der Waals surface area contributed by atoms with E-state index >= 15 is 0 Å². The van der Waals surface area contributed by atoms with Gasteiger partial charge in [0.15, 0.2) is 0 Å². The quantitative estimate of drug-likeness (QED) is 0.790. The van der Waals surface area contributed by atoms with Gasteiger partial charge >= 0.3 is 0 Å². The Bertz CT molecular complexity index is 347. The molecule has 0 aromatic carbocycles. The minimum atomic E-state index is -0.635. The van der Waals surface area contributed by atoms with Crippen LogP contribution in [0.2, 0.25) is 0 Å². The lowest BCUT2D eigenvalue weighted by molar-refractivity contribution is 0.0130. The summed E-state index contributed by atoms with van der Waals surface area (Å²) in [6.45, 7) is 5.87. The third-order valence-corrected chi connectivity index (χ3v) is 3.21. The predicted octanol–water partition coefficient (Wildman–Crippen LogP) is 1.10. The molecule has 0 bridgehead atoms. The highest BCUT2D eigenvalue weighted by atomic mass is 16.3. The second-order valence-corrected chi connectivity index (χ2v) is 4.35. The maximum Gasteiger partial charge on any atom is 0.0802 e. The number of aryl methyl sites for hydroxylation is 2. The van der Waals surface area contributed by atoms with Crippen LogP contribution >= 0.6 is 0 Å². The molecular formula is C12H22N2O2. The summed E-state index contributed by atoms with van der Waals surface area (Å²) in [7, 11) is 1.92. The third-order valence-electron chi connectivity index (χ3n) is 3.21. The van der Waals surface area contributed by atoms with Gasteiger partial charge in [0.1, 0.15) is 0 Å². The summed E-state index contributed by atoms with van der Waals surface area (Å²) in [6, 6.07) is 0. The van der Waals surface area contributed by atoms with Crippen LogP contribution in [0.5, 0.6) is 0 Å². The molecule has 0 saturated carbocycles. The van der Waals surface area contributed by atoms with Gasteiger partial charge in [0, 0.05) is 12.7 Å². The molecular weight excluding hydrogens is 204 g/mol. The van der Waals surface area contributed by atoms with Gasteiger partial charge in [-0.25, -0.2) is 0 Å². The Labute approximate surface area is 96.9 Å². The van der Waals surface area contributed by atoms with E-state index in [0.29, 0.717) is 12.8 Å². The molecule has 1 aromatic heterocycles. The molecule has 1 rings (SSSR count). The SMILES string of the molecule is CCC(O)C(O)CCc1c(C)nn(C)c1C. The first kappa shape index (κ1) is 13.2. The van der Waals surface area contributed by atoms with Crippen LogP contribution in [-0.2, 0) is 13.5 Å². The summed E-state index contributed by atoms with van der Waals surface area (Å²) in [5.41, 5.74) is 3.33. The second-order valence-electron chi connectivity index (χ2n) is 4.35. The van der Waals surface area contributed by atoms with Crippen LogP contribution in [0.3, 0.4) is 0 Å². The van der Waals surface area contributed by atoms with Gasteiger partial charge in [-0.1, -0.05) is 6.92 Å². The number of hydrogen-bond donors (Lipinski definition) is 2. The van der Waals surface area contributed by atoms with Gasteiger partial charge in [-0.2, -0.15) is 5.10 Å². The number of rotatable bonds is 5. The fraction of sp³-hybridized carbons (Fsp3) is 0.750. The molecule has 0 saturated heterocycles. The molecule has 0 aliphatic carbocycles. The molecule has 2 unspecified atom stereocenters. The zero-order valence-electron chi connectivity index (χ0n) is 10.6. The highest BCUT2D eigenvalue weighted by Gasteiger charge is 2.16. The van der Waals surface area contributed by atoms with E-state index in [1.165, 1.54) is 5.56 Å². The van der Waals surface area contributed by atoms with Gasteiger partial charge in [0.2, 0.25) is 0 Å². The van der Waals surface area contributed by atoms with E-state index < -0.39 is 12.2 Å². The number of nitrogens with zero attached hydrogens (tertiary/aromatic N) is 2. The largest absolute Gasteiger partial charge is 0.390 e. The first-order chi connectivity index (χ1) is 7.47. The van der Waals surface area contributed by atoms with Crippen molar-refractivity contribution in [2.24, 2.45) is 7.05 Å². The number of aliphatic hydroxyl groups excluding tert-OH is 2. The fourth-order valence-electron chi connectivity index (χ4n) is 1.94. The molecule has 4 heteroatoms. The Balaban J connectivity index is 2.61. The summed E-state index contributed by atoms with van der Waals surface area (Å²) in [5, 5.41) is 23.5. The maximum atomic E-state index is 9.69. The Kier molecular flexibility index (Phi) is 4.50. The predicted molar refractivity (Wildman–Crippen MR) is 63.3 cm³/mol. The van der Waals surface area contributed by atoms with Gasteiger partial charge in [-0.3, -0.25) is 4.68 Å². The van der Waals surface area contributed by atoms with Crippen molar-refractivity contribution >= 4 is 0 Å². The summed E-state index contributed by atoms with van der Waals surface area (Å²) in [6.07, 6.45) is 0.694. The Morgan fingerprint density at radius 3 is 2.31 bits per heavy atom. The summed E-state index contributed by atoms with van der Waals surface area (Å²) >= 11 is 0. The van der Waals surface area contributed by atoms with Crippen molar-refractivity contribution in [1.29, 1.82) is 0 Å². The monoisotopic (exact) mass is 226 g/mol. The number of hydrogen-bond acceptors (Lipinski definition) is 3. The van der Waals surface area contributed by atoms with E-state index in [4.69, 9.17) is 0 Å². The van der Waals surface area contributed by atoms with Crippen LogP contribution in [0.15, 0.2) is 0 Å². The van der Waals surface area contributed by atoms with E-state index in [1.54, 1.807) is 0 Å². The standard InChI is InChI=1S/C12H22N2O2/c1-5-11(15)12(16)7-6-10-8(2)13-14(4)9(10)3/h11-12,15-16H,5-7H2,1-4H3.